The molecule has 0 amide bonds. The number of sulfonamides is 1. The predicted octanol–water partition coefficient (Wildman–Crippen LogP) is 3.06. The molecular weight excluding hydrogens is 338 g/mol. The van der Waals surface area contributed by atoms with E-state index in [-0.39, 0.29) is 11.5 Å². The van der Waals surface area contributed by atoms with Gasteiger partial charge in [0.1, 0.15) is 0 Å². The topological polar surface area (TPSA) is 63.5 Å². The average molecular weight is 359 g/mol. The highest BCUT2D eigenvalue weighted by Gasteiger charge is 2.71. The van der Waals surface area contributed by atoms with Crippen LogP contribution in [0.4, 0.5) is 0 Å². The lowest BCUT2D eigenvalue weighted by Gasteiger charge is -2.11. The lowest BCUT2D eigenvalue weighted by atomic mass is 10.0. The number of esters is 1. The van der Waals surface area contributed by atoms with E-state index in [0.717, 1.165) is 11.1 Å². The summed E-state index contributed by atoms with van der Waals surface area (Å²) in [6.07, 6.45) is 0. The number of carbonyl (C=O) groups is 1. The number of nitrogens with zero attached hydrogens (tertiary/aromatic N) is 1. The second-order valence-corrected chi connectivity index (χ2v) is 8.11. The predicted molar refractivity (Wildman–Crippen MR) is 94.4 cm³/mol. The van der Waals surface area contributed by atoms with E-state index in [9.17, 15) is 13.2 Å². The van der Waals surface area contributed by atoms with Crippen LogP contribution in [0, 0.1) is 6.92 Å². The standard InChI is InChI=1S/C19H21NO4S/c1-4-24-18(21)19(3)17(15-8-6-5-7-9-15)20(19)25(22,23)16-12-10-14(2)11-13-16/h5-13,17H,4H2,1-3H3/t17-,19-,20?/m1/s1. The van der Waals surface area contributed by atoms with Gasteiger partial charge in [0.2, 0.25) is 10.0 Å². The maximum Gasteiger partial charge on any atom is 0.329 e. The molecule has 2 aromatic carbocycles. The first-order valence-electron chi connectivity index (χ1n) is 8.17. The first-order valence-corrected chi connectivity index (χ1v) is 9.61. The molecule has 0 N–H and O–H groups in total. The van der Waals surface area contributed by atoms with Crippen molar-refractivity contribution in [3.63, 3.8) is 0 Å². The second kappa shape index (κ2) is 6.28. The summed E-state index contributed by atoms with van der Waals surface area (Å²) < 4.78 is 32.7. The molecule has 25 heavy (non-hydrogen) atoms. The zero-order chi connectivity index (χ0) is 18.2. The van der Waals surface area contributed by atoms with Gasteiger partial charge in [-0.1, -0.05) is 48.0 Å². The number of hydrogen-bond donors (Lipinski definition) is 0. The van der Waals surface area contributed by atoms with Gasteiger partial charge in [-0.3, -0.25) is 0 Å². The monoisotopic (exact) mass is 359 g/mol. The van der Waals surface area contributed by atoms with Crippen molar-refractivity contribution in [2.45, 2.75) is 37.2 Å². The van der Waals surface area contributed by atoms with Gasteiger partial charge in [0.15, 0.2) is 5.54 Å². The van der Waals surface area contributed by atoms with Crippen LogP contribution in [0.3, 0.4) is 0 Å². The Morgan fingerprint density at radius 2 is 1.72 bits per heavy atom. The van der Waals surface area contributed by atoms with Crippen molar-refractivity contribution in [1.29, 1.82) is 0 Å². The summed E-state index contributed by atoms with van der Waals surface area (Å²) in [5, 5.41) is 0. The Balaban J connectivity index is 2.05. The zero-order valence-electron chi connectivity index (χ0n) is 14.5. The van der Waals surface area contributed by atoms with Gasteiger partial charge >= 0.3 is 5.97 Å². The molecular formula is C19H21NO4S. The molecule has 6 heteroatoms. The lowest BCUT2D eigenvalue weighted by molar-refractivity contribution is -0.146. The summed E-state index contributed by atoms with van der Waals surface area (Å²) in [7, 11) is -3.82. The fraction of sp³-hybridized carbons (Fsp3) is 0.316. The first kappa shape index (κ1) is 17.6. The van der Waals surface area contributed by atoms with Crippen LogP contribution in [0.15, 0.2) is 59.5 Å². The molecule has 1 aliphatic rings. The summed E-state index contributed by atoms with van der Waals surface area (Å²) in [6.45, 7) is 5.42. The van der Waals surface area contributed by atoms with Crippen molar-refractivity contribution in [2.75, 3.05) is 6.61 Å². The number of aryl methyl sites for hydroxylation is 1. The molecule has 0 aliphatic carbocycles. The van der Waals surface area contributed by atoms with Crippen LogP contribution < -0.4 is 0 Å². The molecule has 1 heterocycles. The van der Waals surface area contributed by atoms with Crippen molar-refractivity contribution in [1.82, 2.24) is 4.31 Å². The molecule has 0 saturated carbocycles. The maximum atomic E-state index is 13.1. The SMILES string of the molecule is CCOC(=O)[C@@]1(C)[C@@H](c2ccccc2)N1S(=O)(=O)c1ccc(C)cc1. The van der Waals surface area contributed by atoms with E-state index >= 15 is 0 Å². The molecule has 1 saturated heterocycles. The third kappa shape index (κ3) is 2.85. The van der Waals surface area contributed by atoms with E-state index < -0.39 is 27.6 Å². The van der Waals surface area contributed by atoms with Gasteiger partial charge in [0.25, 0.3) is 0 Å². The van der Waals surface area contributed by atoms with Crippen LogP contribution >= 0.6 is 0 Å². The number of rotatable bonds is 5. The largest absolute Gasteiger partial charge is 0.465 e. The maximum absolute atomic E-state index is 13.1. The molecule has 132 valence electrons. The van der Waals surface area contributed by atoms with Crippen LogP contribution in [-0.2, 0) is 19.6 Å². The van der Waals surface area contributed by atoms with Gasteiger partial charge in [0, 0.05) is 0 Å². The highest BCUT2D eigenvalue weighted by molar-refractivity contribution is 7.89. The molecule has 2 aromatic rings. The van der Waals surface area contributed by atoms with Crippen molar-refractivity contribution >= 4 is 16.0 Å². The Labute approximate surface area is 148 Å². The van der Waals surface area contributed by atoms with Crippen molar-refractivity contribution in [3.05, 3.63) is 65.7 Å². The molecule has 0 spiro atoms. The number of benzene rings is 2. The van der Waals surface area contributed by atoms with E-state index in [0.29, 0.717) is 0 Å². The minimum absolute atomic E-state index is 0.173. The van der Waals surface area contributed by atoms with Gasteiger partial charge in [-0.15, -0.1) is 0 Å². The third-order valence-corrected chi connectivity index (χ3v) is 6.51. The minimum Gasteiger partial charge on any atom is -0.465 e. The summed E-state index contributed by atoms with van der Waals surface area (Å²) in [5.41, 5.74) is 0.507. The molecule has 0 bridgehead atoms. The highest BCUT2D eigenvalue weighted by atomic mass is 32.2. The van der Waals surface area contributed by atoms with E-state index in [1.165, 1.54) is 4.31 Å². The number of ether oxygens (including phenoxy) is 1. The normalized spacial score (nSPS) is 25.4. The zero-order valence-corrected chi connectivity index (χ0v) is 15.3. The summed E-state index contributed by atoms with van der Waals surface area (Å²) in [4.78, 5) is 12.7. The Bertz CT molecular complexity index is 877. The van der Waals surface area contributed by atoms with Crippen molar-refractivity contribution in [2.24, 2.45) is 0 Å². The van der Waals surface area contributed by atoms with Crippen molar-refractivity contribution in [3.8, 4) is 0 Å². The van der Waals surface area contributed by atoms with Gasteiger partial charge in [-0.05, 0) is 38.5 Å². The van der Waals surface area contributed by atoms with E-state index in [1.807, 2.05) is 37.3 Å². The van der Waals surface area contributed by atoms with E-state index in [2.05, 4.69) is 0 Å². The Morgan fingerprint density at radius 1 is 1.12 bits per heavy atom. The molecule has 1 fully saturated rings. The molecule has 3 rings (SSSR count). The van der Waals surface area contributed by atoms with E-state index in [1.54, 1.807) is 38.1 Å². The molecule has 3 atom stereocenters. The van der Waals surface area contributed by atoms with Crippen molar-refractivity contribution < 1.29 is 17.9 Å². The number of hydrogen-bond acceptors (Lipinski definition) is 4. The van der Waals surface area contributed by atoms with Crippen LogP contribution in [0.5, 0.6) is 0 Å². The van der Waals surface area contributed by atoms with Gasteiger partial charge in [-0.25, -0.2) is 13.2 Å². The average Bonchev–Trinajstić information content (AvgIpc) is 3.25. The summed E-state index contributed by atoms with van der Waals surface area (Å²) in [5.74, 6) is -0.528. The number of carbonyl (C=O) groups excluding carboxylic acids is 1. The summed E-state index contributed by atoms with van der Waals surface area (Å²) >= 11 is 0. The molecule has 1 unspecified atom stereocenters. The minimum atomic E-state index is -3.82. The van der Waals surface area contributed by atoms with Gasteiger partial charge < -0.3 is 4.74 Å². The lowest BCUT2D eigenvalue weighted by Crippen LogP contribution is -2.31. The fourth-order valence-corrected chi connectivity index (χ4v) is 5.08. The molecule has 0 radical (unpaired) electrons. The summed E-state index contributed by atoms with van der Waals surface area (Å²) in [6, 6.07) is 15.2. The smallest absolute Gasteiger partial charge is 0.329 e. The Hall–Kier alpha value is -2.18. The van der Waals surface area contributed by atoms with Crippen LogP contribution in [-0.4, -0.2) is 30.8 Å². The van der Waals surface area contributed by atoms with Crippen LogP contribution in [0.2, 0.25) is 0 Å². The van der Waals surface area contributed by atoms with Gasteiger partial charge in [0.05, 0.1) is 17.5 Å². The third-order valence-electron chi connectivity index (χ3n) is 4.54. The second-order valence-electron chi connectivity index (χ2n) is 6.30. The van der Waals surface area contributed by atoms with Crippen LogP contribution in [0.25, 0.3) is 0 Å². The molecule has 0 aromatic heterocycles. The Kier molecular flexibility index (Phi) is 4.43. The first-order chi connectivity index (χ1) is 11.8. The van der Waals surface area contributed by atoms with E-state index in [4.69, 9.17) is 4.74 Å². The molecule has 1 aliphatic heterocycles. The highest BCUT2D eigenvalue weighted by Crippen LogP contribution is 2.57. The fourth-order valence-electron chi connectivity index (χ4n) is 3.15. The quantitative estimate of drug-likeness (QED) is 0.608. The molecule has 5 nitrogen and oxygen atoms in total. The Morgan fingerprint density at radius 3 is 2.28 bits per heavy atom. The van der Waals surface area contributed by atoms with Crippen LogP contribution in [0.1, 0.15) is 31.0 Å². The van der Waals surface area contributed by atoms with Gasteiger partial charge in [-0.2, -0.15) is 4.31 Å².